The van der Waals surface area contributed by atoms with Crippen LogP contribution in [-0.2, 0) is 24.6 Å². The highest BCUT2D eigenvalue weighted by Crippen LogP contribution is 2.65. The molecule has 4 aromatic rings. The first kappa shape index (κ1) is 35.4. The van der Waals surface area contributed by atoms with Gasteiger partial charge in [0.15, 0.2) is 23.1 Å². The van der Waals surface area contributed by atoms with Gasteiger partial charge in [0, 0.05) is 21.9 Å². The SMILES string of the molecule is COc1cc(C2C3=CCC4C(=O)N(c5cccc(B(O)O)c5)C(=O)C4C3CC3C(=O)C(c4ccccc4)=CC(=O)C32c2ccccc2)c(Br)c(Br)c1O. The van der Waals surface area contributed by atoms with E-state index in [9.17, 15) is 24.7 Å². The van der Waals surface area contributed by atoms with Crippen LogP contribution in [0.4, 0.5) is 5.69 Å². The summed E-state index contributed by atoms with van der Waals surface area (Å²) >= 11 is 7.22. The lowest BCUT2D eigenvalue weighted by Crippen LogP contribution is -2.59. The number of amides is 2. The van der Waals surface area contributed by atoms with Crippen molar-refractivity contribution >= 4 is 79.1 Å². The molecule has 53 heavy (non-hydrogen) atoms. The van der Waals surface area contributed by atoms with Gasteiger partial charge in [-0.15, -0.1) is 0 Å². The van der Waals surface area contributed by atoms with E-state index in [1.165, 1.54) is 25.3 Å². The van der Waals surface area contributed by atoms with Crippen LogP contribution in [0.25, 0.3) is 5.57 Å². The van der Waals surface area contributed by atoms with Gasteiger partial charge in [0.05, 0.1) is 34.5 Å². The van der Waals surface area contributed by atoms with Crippen molar-refractivity contribution in [2.75, 3.05) is 12.0 Å². The van der Waals surface area contributed by atoms with E-state index in [1.807, 2.05) is 54.6 Å². The molecule has 1 saturated carbocycles. The zero-order chi connectivity index (χ0) is 37.3. The number of nitrogens with zero attached hydrogens (tertiary/aromatic N) is 1. The summed E-state index contributed by atoms with van der Waals surface area (Å²) in [5, 5.41) is 30.7. The van der Waals surface area contributed by atoms with Gasteiger partial charge < -0.3 is 19.9 Å². The number of phenols is 1. The molecule has 0 radical (unpaired) electrons. The van der Waals surface area contributed by atoms with Crippen molar-refractivity contribution in [2.45, 2.75) is 24.2 Å². The summed E-state index contributed by atoms with van der Waals surface area (Å²) in [6, 6.07) is 26.0. The number of rotatable bonds is 6. The Morgan fingerprint density at radius 1 is 0.849 bits per heavy atom. The van der Waals surface area contributed by atoms with E-state index in [2.05, 4.69) is 31.9 Å². The van der Waals surface area contributed by atoms with Crippen molar-refractivity contribution in [2.24, 2.45) is 23.7 Å². The molecule has 4 aromatic carbocycles. The summed E-state index contributed by atoms with van der Waals surface area (Å²) in [7, 11) is -0.375. The summed E-state index contributed by atoms with van der Waals surface area (Å²) in [6.07, 6.45) is 3.72. The molecule has 12 heteroatoms. The monoisotopic (exact) mass is 835 g/mol. The number of imide groups is 1. The van der Waals surface area contributed by atoms with Gasteiger partial charge in [-0.25, -0.2) is 0 Å². The van der Waals surface area contributed by atoms with Crippen molar-refractivity contribution in [1.82, 2.24) is 0 Å². The van der Waals surface area contributed by atoms with Crippen LogP contribution in [0.15, 0.2) is 118 Å². The van der Waals surface area contributed by atoms with Gasteiger partial charge in [0.1, 0.15) is 0 Å². The first-order chi connectivity index (χ1) is 25.5. The molecule has 0 aromatic heterocycles. The highest BCUT2D eigenvalue weighted by atomic mass is 79.9. The lowest BCUT2D eigenvalue weighted by atomic mass is 9.44. The normalized spacial score (nSPS) is 26.4. The van der Waals surface area contributed by atoms with Crippen LogP contribution in [-0.4, -0.2) is 52.8 Å². The maximum atomic E-state index is 15.3. The van der Waals surface area contributed by atoms with E-state index >= 15 is 9.59 Å². The van der Waals surface area contributed by atoms with E-state index in [4.69, 9.17) is 4.74 Å². The van der Waals surface area contributed by atoms with Gasteiger partial charge in [-0.05, 0) is 97.0 Å². The molecule has 9 nitrogen and oxygen atoms in total. The number of anilines is 1. The molecule has 3 N–H and O–H groups in total. The Morgan fingerprint density at radius 3 is 2.23 bits per heavy atom. The molecule has 3 aliphatic carbocycles. The van der Waals surface area contributed by atoms with Crippen LogP contribution in [0.3, 0.4) is 0 Å². The third-order valence-electron chi connectivity index (χ3n) is 11.5. The zero-order valence-corrected chi connectivity index (χ0v) is 31.5. The number of halogens is 2. The molecule has 0 spiro atoms. The number of phenolic OH excluding ortho intramolecular Hbond substituents is 1. The Kier molecular flexibility index (Phi) is 8.92. The molecule has 6 atom stereocenters. The second-order valence-electron chi connectivity index (χ2n) is 13.9. The van der Waals surface area contributed by atoms with Crippen molar-refractivity contribution in [3.63, 3.8) is 0 Å². The summed E-state index contributed by atoms with van der Waals surface area (Å²) in [6.45, 7) is 0. The van der Waals surface area contributed by atoms with Crippen LogP contribution in [0.5, 0.6) is 11.5 Å². The number of ketones is 2. The van der Waals surface area contributed by atoms with Gasteiger partial charge >= 0.3 is 7.12 Å². The summed E-state index contributed by atoms with van der Waals surface area (Å²) in [5.41, 5.74) is 1.69. The highest BCUT2D eigenvalue weighted by molar-refractivity contribution is 9.13. The van der Waals surface area contributed by atoms with Crippen molar-refractivity contribution in [1.29, 1.82) is 0 Å². The van der Waals surface area contributed by atoms with Crippen LogP contribution < -0.4 is 15.1 Å². The van der Waals surface area contributed by atoms with Crippen LogP contribution >= 0.6 is 31.9 Å². The van der Waals surface area contributed by atoms with E-state index in [0.29, 0.717) is 25.6 Å². The summed E-state index contributed by atoms with van der Waals surface area (Å²) < 4.78 is 6.35. The Balaban J connectivity index is 1.38. The molecule has 0 bridgehead atoms. The Morgan fingerprint density at radius 2 is 1.55 bits per heavy atom. The minimum Gasteiger partial charge on any atom is -0.503 e. The van der Waals surface area contributed by atoms with E-state index < -0.39 is 53.9 Å². The molecular weight excluding hydrogens is 805 g/mol. The largest absolute Gasteiger partial charge is 0.503 e. The molecule has 6 unspecified atom stereocenters. The fourth-order valence-electron chi connectivity index (χ4n) is 9.28. The second-order valence-corrected chi connectivity index (χ2v) is 15.5. The summed E-state index contributed by atoms with van der Waals surface area (Å²) in [5.74, 6) is -5.44. The second kappa shape index (κ2) is 13.4. The fourth-order valence-corrected chi connectivity index (χ4v) is 10.2. The minimum atomic E-state index is -1.80. The Bertz CT molecular complexity index is 2280. The molecular formula is C41H32BBr2NO8. The number of fused-ring (bicyclic) bond motifs is 4. The number of benzene rings is 4. The number of carbonyl (C=O) groups excluding carboxylic acids is 4. The van der Waals surface area contributed by atoms with Crippen molar-refractivity contribution in [3.05, 3.63) is 134 Å². The van der Waals surface area contributed by atoms with E-state index in [0.717, 1.165) is 10.5 Å². The van der Waals surface area contributed by atoms with Gasteiger partial charge in [-0.2, -0.15) is 0 Å². The first-order valence-electron chi connectivity index (χ1n) is 17.2. The molecule has 8 rings (SSSR count). The van der Waals surface area contributed by atoms with Gasteiger partial charge in [-0.1, -0.05) is 84.4 Å². The van der Waals surface area contributed by atoms with Crippen LogP contribution in [0, 0.1) is 23.7 Å². The standard InChI is InChI=1S/C41H32BBr2NO8/c1-53-31-19-29(35(43)36(44)38(31)48)34-25-15-16-26-33(40(50)45(39(26)49)24-14-8-13-23(17-24)42(51)52)28(25)18-30-37(47)27(21-9-4-2-5-10-21)20-32(46)41(30,34)22-11-6-3-7-12-22/h2-15,17,19-20,26,28,30,33-34,48,51-52H,16,18H2,1H3. The molecule has 266 valence electrons. The molecule has 1 heterocycles. The molecule has 1 saturated heterocycles. The number of allylic oxidation sites excluding steroid dienone is 4. The molecule has 4 aliphatic rings. The predicted molar refractivity (Wildman–Crippen MR) is 205 cm³/mol. The zero-order valence-electron chi connectivity index (χ0n) is 28.3. The quantitative estimate of drug-likeness (QED) is 0.129. The predicted octanol–water partition coefficient (Wildman–Crippen LogP) is 5.63. The summed E-state index contributed by atoms with van der Waals surface area (Å²) in [4.78, 5) is 60.4. The van der Waals surface area contributed by atoms with Crippen molar-refractivity contribution < 1.29 is 39.1 Å². The van der Waals surface area contributed by atoms with Crippen LogP contribution in [0.1, 0.15) is 35.4 Å². The lowest BCUT2D eigenvalue weighted by Gasteiger charge is -2.55. The van der Waals surface area contributed by atoms with Gasteiger partial charge in [0.25, 0.3) is 0 Å². The number of Topliss-reactive ketones (excluding diaryl/α,β-unsaturated/α-hetero) is 1. The Hall–Kier alpha value is -4.62. The number of hydrogen-bond donors (Lipinski definition) is 3. The third kappa shape index (κ3) is 5.25. The van der Waals surface area contributed by atoms with Gasteiger partial charge in [0.2, 0.25) is 11.8 Å². The Labute approximate surface area is 322 Å². The molecule has 2 amide bonds. The van der Waals surface area contributed by atoms with E-state index in [1.54, 1.807) is 30.3 Å². The maximum absolute atomic E-state index is 15.3. The topological polar surface area (TPSA) is 141 Å². The van der Waals surface area contributed by atoms with Gasteiger partial charge in [-0.3, -0.25) is 24.1 Å². The number of hydrogen-bond acceptors (Lipinski definition) is 8. The average Bonchev–Trinajstić information content (AvgIpc) is 3.44. The lowest BCUT2D eigenvalue weighted by molar-refractivity contribution is -0.135. The third-order valence-corrected chi connectivity index (χ3v) is 13.7. The number of aromatic hydroxyl groups is 1. The molecule has 1 aliphatic heterocycles. The smallest absolute Gasteiger partial charge is 0.488 e. The van der Waals surface area contributed by atoms with Crippen LogP contribution in [0.2, 0.25) is 0 Å². The highest BCUT2D eigenvalue weighted by Gasteiger charge is 2.66. The maximum Gasteiger partial charge on any atom is 0.488 e. The van der Waals surface area contributed by atoms with Crippen molar-refractivity contribution in [3.8, 4) is 11.5 Å². The van der Waals surface area contributed by atoms with E-state index in [-0.39, 0.29) is 52.6 Å². The number of carbonyl (C=O) groups is 4. The number of methoxy groups -OCH3 is 1. The fraction of sp³-hybridized carbons (Fsp3) is 0.220. The molecule has 2 fully saturated rings. The average molecular weight is 837 g/mol. The first-order valence-corrected chi connectivity index (χ1v) is 18.8. The minimum absolute atomic E-state index is 0.114. The number of ether oxygens (including phenoxy) is 1.